The van der Waals surface area contributed by atoms with Gasteiger partial charge in [0.1, 0.15) is 6.61 Å². The molecule has 5 nitrogen and oxygen atoms in total. The van der Waals surface area contributed by atoms with Crippen molar-refractivity contribution in [2.24, 2.45) is 4.99 Å². The summed E-state index contributed by atoms with van der Waals surface area (Å²) in [6, 6.07) is 11.0. The van der Waals surface area contributed by atoms with Crippen LogP contribution in [0.1, 0.15) is 25.0 Å². The Morgan fingerprint density at radius 3 is 2.59 bits per heavy atom. The van der Waals surface area contributed by atoms with Gasteiger partial charge in [-0.1, -0.05) is 22.5 Å². The summed E-state index contributed by atoms with van der Waals surface area (Å²) in [5.41, 5.74) is 2.57. The summed E-state index contributed by atoms with van der Waals surface area (Å²) in [6.07, 6.45) is 1.66. The molecule has 1 heterocycles. The molecule has 0 saturated heterocycles. The fourth-order valence-electron chi connectivity index (χ4n) is 2.55. The zero-order valence-corrected chi connectivity index (χ0v) is 19.2. The second kappa shape index (κ2) is 9.41. The number of halogens is 2. The molecule has 0 unspecified atom stereocenters. The van der Waals surface area contributed by atoms with Crippen molar-refractivity contribution in [1.29, 1.82) is 0 Å². The molecule has 0 aliphatic carbocycles. The highest BCUT2D eigenvalue weighted by Crippen LogP contribution is 2.38. The Labute approximate surface area is 186 Å². The predicted octanol–water partition coefficient (Wildman–Crippen LogP) is 5.91. The lowest BCUT2D eigenvalue weighted by atomic mass is 10.1. The molecule has 1 aliphatic rings. The van der Waals surface area contributed by atoms with Gasteiger partial charge in [0.25, 0.3) is 0 Å². The fourth-order valence-corrected chi connectivity index (χ4v) is 3.39. The number of cyclic esters (lactones) is 1. The lowest BCUT2D eigenvalue weighted by Gasteiger charge is -2.14. The first kappa shape index (κ1) is 21.3. The van der Waals surface area contributed by atoms with Crippen LogP contribution >= 0.6 is 31.9 Å². The number of hydrogen-bond acceptors (Lipinski definition) is 5. The zero-order chi connectivity index (χ0) is 21.0. The smallest absolute Gasteiger partial charge is 0.363 e. The van der Waals surface area contributed by atoms with E-state index < -0.39 is 5.97 Å². The number of nitrogens with zero attached hydrogens (tertiary/aromatic N) is 1. The second-order valence-electron chi connectivity index (χ2n) is 6.35. The highest BCUT2D eigenvalue weighted by molar-refractivity contribution is 9.10. The third kappa shape index (κ3) is 5.36. The summed E-state index contributed by atoms with van der Waals surface area (Å²) in [5.74, 6) is 0.933. The van der Waals surface area contributed by atoms with Crippen molar-refractivity contribution in [3.8, 4) is 11.5 Å². The van der Waals surface area contributed by atoms with Crippen LogP contribution in [0.3, 0.4) is 0 Å². The van der Waals surface area contributed by atoms with E-state index in [4.69, 9.17) is 14.2 Å². The number of benzene rings is 2. The van der Waals surface area contributed by atoms with E-state index in [1.54, 1.807) is 12.1 Å². The maximum Gasteiger partial charge on any atom is 0.363 e. The summed E-state index contributed by atoms with van der Waals surface area (Å²) in [7, 11) is 0. The van der Waals surface area contributed by atoms with E-state index in [9.17, 15) is 4.79 Å². The summed E-state index contributed by atoms with van der Waals surface area (Å²) in [5, 5.41) is 0. The molecule has 150 valence electrons. The van der Waals surface area contributed by atoms with Crippen LogP contribution in [0.2, 0.25) is 0 Å². The van der Waals surface area contributed by atoms with E-state index in [1.807, 2.05) is 44.2 Å². The van der Waals surface area contributed by atoms with E-state index in [2.05, 4.69) is 43.4 Å². The van der Waals surface area contributed by atoms with Gasteiger partial charge in [0, 0.05) is 10.0 Å². The van der Waals surface area contributed by atoms with Crippen molar-refractivity contribution < 1.29 is 19.0 Å². The molecule has 2 aromatic rings. The Morgan fingerprint density at radius 2 is 1.93 bits per heavy atom. The van der Waals surface area contributed by atoms with Gasteiger partial charge in [0.05, 0.1) is 11.1 Å². The van der Waals surface area contributed by atoms with Crippen LogP contribution in [0, 0.1) is 0 Å². The molecule has 29 heavy (non-hydrogen) atoms. The van der Waals surface area contributed by atoms with Gasteiger partial charge in [-0.2, -0.15) is 0 Å². The Bertz CT molecular complexity index is 1010. The first-order chi connectivity index (χ1) is 13.9. The van der Waals surface area contributed by atoms with Crippen molar-refractivity contribution in [2.45, 2.75) is 13.8 Å². The second-order valence-corrected chi connectivity index (χ2v) is 8.12. The fraction of sp³-hybridized carbons (Fsp3) is 0.182. The molecule has 0 amide bonds. The SMILES string of the molecule is C=C(C)COc1c(Br)cc(/C=C2\N=C(c3ccc(Br)cc3)OC2=O)cc1OCC. The minimum atomic E-state index is -0.500. The van der Waals surface area contributed by atoms with Gasteiger partial charge >= 0.3 is 5.97 Å². The minimum absolute atomic E-state index is 0.216. The monoisotopic (exact) mass is 519 g/mol. The van der Waals surface area contributed by atoms with Gasteiger partial charge in [-0.3, -0.25) is 0 Å². The molecule has 0 saturated carbocycles. The summed E-state index contributed by atoms with van der Waals surface area (Å²) in [4.78, 5) is 16.6. The number of rotatable bonds is 7. The molecule has 3 rings (SSSR count). The highest BCUT2D eigenvalue weighted by atomic mass is 79.9. The maximum atomic E-state index is 12.3. The van der Waals surface area contributed by atoms with Gasteiger partial charge in [-0.05, 0) is 83.4 Å². The number of carbonyl (C=O) groups excluding carboxylic acids is 1. The first-order valence-corrected chi connectivity index (χ1v) is 10.5. The Kier molecular flexibility index (Phi) is 6.92. The van der Waals surface area contributed by atoms with Crippen LogP contribution < -0.4 is 9.47 Å². The Hall–Kier alpha value is -2.38. The molecule has 7 heteroatoms. The van der Waals surface area contributed by atoms with E-state index in [0.717, 1.165) is 21.2 Å². The molecule has 0 bridgehead atoms. The van der Waals surface area contributed by atoms with Gasteiger partial charge in [0.15, 0.2) is 17.2 Å². The van der Waals surface area contributed by atoms with Crippen LogP contribution in [0.4, 0.5) is 0 Å². The lowest BCUT2D eigenvalue weighted by molar-refractivity contribution is -0.129. The van der Waals surface area contributed by atoms with Crippen molar-refractivity contribution in [3.63, 3.8) is 0 Å². The van der Waals surface area contributed by atoms with E-state index >= 15 is 0 Å². The van der Waals surface area contributed by atoms with Crippen LogP contribution in [-0.2, 0) is 9.53 Å². The molecule has 0 radical (unpaired) electrons. The van der Waals surface area contributed by atoms with E-state index in [-0.39, 0.29) is 11.6 Å². The van der Waals surface area contributed by atoms with Crippen molar-refractivity contribution in [1.82, 2.24) is 0 Å². The number of carbonyl (C=O) groups is 1. The first-order valence-electron chi connectivity index (χ1n) is 8.89. The van der Waals surface area contributed by atoms with E-state index in [0.29, 0.717) is 29.2 Å². The predicted molar refractivity (Wildman–Crippen MR) is 120 cm³/mol. The largest absolute Gasteiger partial charge is 0.490 e. The molecular formula is C22H19Br2NO4. The summed E-state index contributed by atoms with van der Waals surface area (Å²) < 4.78 is 18.5. The normalized spacial score (nSPS) is 14.6. The minimum Gasteiger partial charge on any atom is -0.490 e. The molecule has 0 spiro atoms. The number of ether oxygens (including phenoxy) is 3. The van der Waals surface area contributed by atoms with Crippen LogP contribution in [0.25, 0.3) is 6.08 Å². The summed E-state index contributed by atoms with van der Waals surface area (Å²) in [6.45, 7) is 8.49. The van der Waals surface area contributed by atoms with Gasteiger partial charge < -0.3 is 14.2 Å². The average molecular weight is 521 g/mol. The molecule has 0 atom stereocenters. The van der Waals surface area contributed by atoms with Crippen LogP contribution in [0.15, 0.2) is 68.2 Å². The van der Waals surface area contributed by atoms with E-state index in [1.165, 1.54) is 0 Å². The number of esters is 1. The van der Waals surface area contributed by atoms with Crippen LogP contribution in [0.5, 0.6) is 11.5 Å². The maximum absolute atomic E-state index is 12.3. The zero-order valence-electron chi connectivity index (χ0n) is 16.0. The van der Waals surface area contributed by atoms with Crippen molar-refractivity contribution in [2.75, 3.05) is 13.2 Å². The standard InChI is InChI=1S/C22H19Br2NO4/c1-4-27-19-11-14(9-17(24)20(19)28-12-13(2)3)10-18-22(26)29-21(25-18)15-5-7-16(23)8-6-15/h5-11H,2,4,12H2,1,3H3/b18-10-. The third-order valence-electron chi connectivity index (χ3n) is 3.81. The topological polar surface area (TPSA) is 57.1 Å². The molecule has 0 fully saturated rings. The quantitative estimate of drug-likeness (QED) is 0.259. The van der Waals surface area contributed by atoms with Crippen LogP contribution in [-0.4, -0.2) is 25.1 Å². The lowest BCUT2D eigenvalue weighted by Crippen LogP contribution is -2.05. The highest BCUT2D eigenvalue weighted by Gasteiger charge is 2.24. The number of hydrogen-bond donors (Lipinski definition) is 0. The van der Waals surface area contributed by atoms with Crippen molar-refractivity contribution >= 4 is 49.8 Å². The molecule has 2 aromatic carbocycles. The Morgan fingerprint density at radius 1 is 1.21 bits per heavy atom. The van der Waals surface area contributed by atoms with Gasteiger partial charge in [0.2, 0.25) is 5.90 Å². The van der Waals surface area contributed by atoms with Crippen molar-refractivity contribution in [3.05, 3.63) is 74.3 Å². The number of aliphatic imine (C=N–C) groups is 1. The molecule has 1 aliphatic heterocycles. The van der Waals surface area contributed by atoms with Gasteiger partial charge in [-0.15, -0.1) is 0 Å². The Balaban J connectivity index is 1.93. The molecular weight excluding hydrogens is 502 g/mol. The molecule has 0 N–H and O–H groups in total. The summed E-state index contributed by atoms with van der Waals surface area (Å²) >= 11 is 6.90. The molecule has 0 aromatic heterocycles. The average Bonchev–Trinajstić information content (AvgIpc) is 3.02. The van der Waals surface area contributed by atoms with Gasteiger partial charge in [-0.25, -0.2) is 9.79 Å². The third-order valence-corrected chi connectivity index (χ3v) is 4.93.